The molecule has 1 aliphatic heterocycles. The third-order valence-corrected chi connectivity index (χ3v) is 5.49. The van der Waals surface area contributed by atoms with Crippen LogP contribution in [0.4, 0.5) is 0 Å². The van der Waals surface area contributed by atoms with Crippen LogP contribution >= 0.6 is 0 Å². The highest BCUT2D eigenvalue weighted by Crippen LogP contribution is 2.23. The number of carboxylic acid groups (broad SMARTS) is 1. The first-order chi connectivity index (χ1) is 15.6. The van der Waals surface area contributed by atoms with Gasteiger partial charge in [-0.2, -0.15) is 5.10 Å². The molecule has 3 heterocycles. The van der Waals surface area contributed by atoms with E-state index in [4.69, 9.17) is 14.3 Å². The Balaban J connectivity index is 0.000000913. The van der Waals surface area contributed by atoms with Gasteiger partial charge in [-0.25, -0.2) is 0 Å². The van der Waals surface area contributed by atoms with Crippen LogP contribution in [0.3, 0.4) is 0 Å². The summed E-state index contributed by atoms with van der Waals surface area (Å²) in [4.78, 5) is 22.9. The van der Waals surface area contributed by atoms with Gasteiger partial charge in [0.1, 0.15) is 11.5 Å². The molecule has 4 rings (SSSR count). The van der Waals surface area contributed by atoms with Gasteiger partial charge < -0.3 is 14.8 Å². The van der Waals surface area contributed by atoms with Crippen LogP contribution in [-0.2, 0) is 35.5 Å². The van der Waals surface area contributed by atoms with Crippen LogP contribution in [0.15, 0.2) is 53.1 Å². The molecule has 8 nitrogen and oxygen atoms in total. The molecule has 1 aromatic carbocycles. The van der Waals surface area contributed by atoms with Crippen LogP contribution in [-0.4, -0.2) is 45.7 Å². The molecule has 8 heteroatoms. The summed E-state index contributed by atoms with van der Waals surface area (Å²) in [5.41, 5.74) is 3.28. The summed E-state index contributed by atoms with van der Waals surface area (Å²) in [7, 11) is 0. The fourth-order valence-corrected chi connectivity index (χ4v) is 3.96. The molecule has 1 fully saturated rings. The van der Waals surface area contributed by atoms with E-state index < -0.39 is 0 Å². The number of nitrogens with zero attached hydrogens (tertiary/aromatic N) is 2. The van der Waals surface area contributed by atoms with Gasteiger partial charge in [0.25, 0.3) is 6.47 Å². The van der Waals surface area contributed by atoms with Gasteiger partial charge in [-0.1, -0.05) is 24.3 Å². The molecule has 1 unspecified atom stereocenters. The summed E-state index contributed by atoms with van der Waals surface area (Å²) >= 11 is 0. The Bertz CT molecular complexity index is 966. The Morgan fingerprint density at radius 2 is 2.00 bits per heavy atom. The molecule has 1 amide bonds. The number of benzene rings is 1. The maximum absolute atomic E-state index is 12.1. The van der Waals surface area contributed by atoms with E-state index in [0.29, 0.717) is 18.9 Å². The van der Waals surface area contributed by atoms with Crippen LogP contribution in [0.1, 0.15) is 34.8 Å². The summed E-state index contributed by atoms with van der Waals surface area (Å²) in [6, 6.07) is 14.4. The van der Waals surface area contributed by atoms with Crippen molar-refractivity contribution in [3.8, 4) is 0 Å². The third-order valence-electron chi connectivity index (χ3n) is 5.49. The van der Waals surface area contributed by atoms with Crippen LogP contribution in [0.2, 0.25) is 0 Å². The van der Waals surface area contributed by atoms with E-state index in [-0.39, 0.29) is 12.4 Å². The zero-order valence-corrected chi connectivity index (χ0v) is 18.3. The molecule has 2 aromatic heterocycles. The van der Waals surface area contributed by atoms with Crippen LogP contribution in [0.5, 0.6) is 0 Å². The molecular weight excluding hydrogens is 408 g/mol. The Labute approximate surface area is 187 Å². The van der Waals surface area contributed by atoms with Crippen LogP contribution in [0, 0.1) is 12.8 Å². The van der Waals surface area contributed by atoms with Crippen molar-refractivity contribution in [2.24, 2.45) is 5.92 Å². The van der Waals surface area contributed by atoms with Crippen molar-refractivity contribution in [2.75, 3.05) is 13.1 Å². The van der Waals surface area contributed by atoms with Crippen LogP contribution in [0.25, 0.3) is 0 Å². The van der Waals surface area contributed by atoms with E-state index in [0.717, 1.165) is 48.8 Å². The van der Waals surface area contributed by atoms with Crippen molar-refractivity contribution in [2.45, 2.75) is 39.3 Å². The number of carbonyl (C=O) groups is 2. The highest BCUT2D eigenvalue weighted by atomic mass is 16.3. The van der Waals surface area contributed by atoms with Gasteiger partial charge in [0, 0.05) is 12.7 Å². The number of hydrogen-bond acceptors (Lipinski definition) is 5. The number of aromatic nitrogens is 2. The van der Waals surface area contributed by atoms with Gasteiger partial charge in [0.05, 0.1) is 25.2 Å². The number of aryl methyl sites for hydroxylation is 1. The smallest absolute Gasteiger partial charge is 0.290 e. The normalized spacial score (nSPS) is 15.7. The Kier molecular flexibility index (Phi) is 8.62. The van der Waals surface area contributed by atoms with E-state index in [1.165, 1.54) is 12.0 Å². The minimum Gasteiger partial charge on any atom is -0.483 e. The van der Waals surface area contributed by atoms with E-state index >= 15 is 0 Å². The fraction of sp³-hybridized carbons (Fsp3) is 0.375. The Hall–Kier alpha value is -3.39. The van der Waals surface area contributed by atoms with Gasteiger partial charge in [-0.05, 0) is 61.6 Å². The van der Waals surface area contributed by atoms with Gasteiger partial charge in [0.15, 0.2) is 0 Å². The molecule has 0 aliphatic carbocycles. The molecule has 0 spiro atoms. The number of H-pyrrole nitrogens is 1. The third kappa shape index (κ3) is 7.39. The highest BCUT2D eigenvalue weighted by Gasteiger charge is 2.23. The molecule has 0 saturated carbocycles. The van der Waals surface area contributed by atoms with Crippen LogP contribution < -0.4 is 5.32 Å². The second kappa shape index (κ2) is 11.9. The average molecular weight is 439 g/mol. The average Bonchev–Trinajstić information content (AvgIpc) is 3.52. The van der Waals surface area contributed by atoms with Gasteiger partial charge in [-0.3, -0.25) is 19.6 Å². The number of rotatable bonds is 8. The number of hydrogen-bond donors (Lipinski definition) is 3. The second-order valence-corrected chi connectivity index (χ2v) is 8.06. The lowest BCUT2D eigenvalue weighted by Gasteiger charge is -2.14. The first kappa shape index (κ1) is 23.3. The summed E-state index contributed by atoms with van der Waals surface area (Å²) in [6.45, 7) is 5.35. The van der Waals surface area contributed by atoms with Crippen molar-refractivity contribution in [1.82, 2.24) is 20.4 Å². The van der Waals surface area contributed by atoms with Crippen molar-refractivity contribution in [3.05, 3.63) is 77.0 Å². The number of amides is 1. The molecule has 3 aromatic rings. The van der Waals surface area contributed by atoms with Crippen molar-refractivity contribution >= 4 is 12.4 Å². The maximum atomic E-state index is 12.1. The largest absolute Gasteiger partial charge is 0.483 e. The summed E-state index contributed by atoms with van der Waals surface area (Å²) in [5.74, 6) is 2.73. The zero-order chi connectivity index (χ0) is 22.8. The van der Waals surface area contributed by atoms with Crippen molar-refractivity contribution in [3.63, 3.8) is 0 Å². The number of nitrogens with one attached hydrogen (secondary N) is 2. The molecule has 0 bridgehead atoms. The summed E-state index contributed by atoms with van der Waals surface area (Å²) < 4.78 is 5.70. The summed E-state index contributed by atoms with van der Waals surface area (Å²) in [6.07, 6.45) is 4.38. The number of aromatic amines is 1. The van der Waals surface area contributed by atoms with E-state index in [1.54, 1.807) is 6.20 Å². The predicted octanol–water partition coefficient (Wildman–Crippen LogP) is 2.94. The van der Waals surface area contributed by atoms with E-state index in [9.17, 15) is 4.79 Å². The monoisotopic (exact) mass is 438 g/mol. The first-order valence-corrected chi connectivity index (χ1v) is 10.7. The molecular formula is C24H30N4O4. The molecule has 32 heavy (non-hydrogen) atoms. The lowest BCUT2D eigenvalue weighted by Crippen LogP contribution is -2.24. The molecule has 3 N–H and O–H groups in total. The quantitative estimate of drug-likeness (QED) is 0.466. The molecule has 0 radical (unpaired) electrons. The predicted molar refractivity (Wildman–Crippen MR) is 120 cm³/mol. The molecule has 1 aliphatic rings. The van der Waals surface area contributed by atoms with Gasteiger partial charge in [0.2, 0.25) is 5.91 Å². The number of furan rings is 1. The zero-order valence-electron chi connectivity index (χ0n) is 18.3. The summed E-state index contributed by atoms with van der Waals surface area (Å²) in [5, 5.41) is 16.5. The Morgan fingerprint density at radius 3 is 2.66 bits per heavy atom. The number of carbonyl (C=O) groups excluding carboxylic acids is 1. The minimum atomic E-state index is -0.250. The minimum absolute atomic E-state index is 0.0203. The van der Waals surface area contributed by atoms with E-state index in [2.05, 4.69) is 50.7 Å². The Morgan fingerprint density at radius 1 is 1.25 bits per heavy atom. The van der Waals surface area contributed by atoms with Gasteiger partial charge in [-0.15, -0.1) is 0 Å². The van der Waals surface area contributed by atoms with Gasteiger partial charge >= 0.3 is 0 Å². The lowest BCUT2D eigenvalue weighted by molar-refractivity contribution is -0.123. The highest BCUT2D eigenvalue weighted by molar-refractivity contribution is 5.78. The van der Waals surface area contributed by atoms with Crippen molar-refractivity contribution < 1.29 is 19.1 Å². The molecule has 170 valence electrons. The number of likely N-dealkylation sites (tertiary alicyclic amines) is 1. The lowest BCUT2D eigenvalue weighted by atomic mass is 9.97. The second-order valence-electron chi connectivity index (χ2n) is 8.06. The van der Waals surface area contributed by atoms with Crippen molar-refractivity contribution in [1.29, 1.82) is 0 Å². The topological polar surface area (TPSA) is 111 Å². The maximum Gasteiger partial charge on any atom is 0.290 e. The van der Waals surface area contributed by atoms with E-state index in [1.807, 2.05) is 19.1 Å². The molecule has 1 atom stereocenters. The first-order valence-electron chi connectivity index (χ1n) is 10.7. The molecule has 1 saturated heterocycles. The standard InChI is InChI=1S/C23H28N4O2.CH2O2/c1-17-2-7-22(29-17)16-27-11-9-20(15-27)12-18-3-5-19(6-4-18)13-23(28)24-14-21-8-10-25-26-21;2-1-3/h2-8,10,20H,9,11-16H2,1H3,(H,24,28)(H,25,26);1H,(H,2,3). The fourth-order valence-electron chi connectivity index (χ4n) is 3.96. The SMILES string of the molecule is Cc1ccc(CN2CCC(Cc3ccc(CC(=O)NCc4ccn[nH]4)cc3)C2)o1.O=CO.